The van der Waals surface area contributed by atoms with Gasteiger partial charge in [0, 0.05) is 24.4 Å². The molecule has 1 saturated heterocycles. The van der Waals surface area contributed by atoms with Gasteiger partial charge in [-0.25, -0.2) is 4.68 Å². The number of hydrogen-bond donors (Lipinski definition) is 1. The van der Waals surface area contributed by atoms with E-state index in [2.05, 4.69) is 15.3 Å². The lowest BCUT2D eigenvalue weighted by molar-refractivity contribution is -0.124. The molecule has 31 heavy (non-hydrogen) atoms. The van der Waals surface area contributed by atoms with Gasteiger partial charge in [0.25, 0.3) is 5.56 Å². The molecule has 0 aliphatic carbocycles. The van der Waals surface area contributed by atoms with Gasteiger partial charge in [-0.15, -0.1) is 0 Å². The minimum absolute atomic E-state index is 0.0279. The van der Waals surface area contributed by atoms with Crippen LogP contribution in [0.1, 0.15) is 51.5 Å². The first kappa shape index (κ1) is 21.6. The van der Waals surface area contributed by atoms with Gasteiger partial charge in [0.15, 0.2) is 0 Å². The topological polar surface area (TPSA) is 72.2 Å². The standard InChI is InChI=1S/C24H33N5O2/c1-3-20(23(30)25-13-10-16-28-14-8-4-5-9-15-28)29-21-12-7-6-11-18(21)19-17-26-27(2)24(31)22(19)29/h6-7,11-12,17,20H,3-5,8-10,13-16H2,1-2H3,(H,25,30)/t20-/m0/s1. The van der Waals surface area contributed by atoms with Gasteiger partial charge < -0.3 is 14.8 Å². The molecule has 0 bridgehead atoms. The molecule has 7 heteroatoms. The Labute approximate surface area is 183 Å². The molecule has 3 aromatic rings. The number of likely N-dealkylation sites (tertiary alicyclic amines) is 1. The number of aryl methyl sites for hydroxylation is 1. The maximum absolute atomic E-state index is 13.2. The van der Waals surface area contributed by atoms with Gasteiger partial charge in [-0.05, 0) is 51.4 Å². The largest absolute Gasteiger partial charge is 0.354 e. The van der Waals surface area contributed by atoms with Crippen molar-refractivity contribution in [3.8, 4) is 0 Å². The normalized spacial score (nSPS) is 16.5. The summed E-state index contributed by atoms with van der Waals surface area (Å²) in [5.41, 5.74) is 1.26. The Morgan fingerprint density at radius 1 is 1.13 bits per heavy atom. The van der Waals surface area contributed by atoms with Crippen LogP contribution in [-0.4, -0.2) is 51.3 Å². The summed E-state index contributed by atoms with van der Waals surface area (Å²) in [6, 6.07) is 7.43. The van der Waals surface area contributed by atoms with Crippen molar-refractivity contribution in [2.24, 2.45) is 7.05 Å². The smallest absolute Gasteiger partial charge is 0.291 e. The highest BCUT2D eigenvalue weighted by Crippen LogP contribution is 2.30. The summed E-state index contributed by atoms with van der Waals surface area (Å²) < 4.78 is 3.25. The zero-order valence-corrected chi connectivity index (χ0v) is 18.6. The molecular weight excluding hydrogens is 390 g/mol. The minimum atomic E-state index is -0.435. The van der Waals surface area contributed by atoms with E-state index in [0.29, 0.717) is 18.5 Å². The van der Waals surface area contributed by atoms with Gasteiger partial charge in [-0.3, -0.25) is 9.59 Å². The molecule has 1 fully saturated rings. The molecule has 1 amide bonds. The molecule has 166 valence electrons. The number of carbonyl (C=O) groups is 1. The first-order valence-corrected chi connectivity index (χ1v) is 11.6. The fourth-order valence-corrected chi connectivity index (χ4v) is 4.79. The second-order valence-corrected chi connectivity index (χ2v) is 8.55. The molecule has 1 aliphatic rings. The number of nitrogens with one attached hydrogen (secondary N) is 1. The van der Waals surface area contributed by atoms with E-state index < -0.39 is 6.04 Å². The van der Waals surface area contributed by atoms with Crippen molar-refractivity contribution >= 4 is 27.7 Å². The summed E-state index contributed by atoms with van der Waals surface area (Å²) in [4.78, 5) is 28.7. The fourth-order valence-electron chi connectivity index (χ4n) is 4.79. The van der Waals surface area contributed by atoms with Crippen LogP contribution in [0.2, 0.25) is 0 Å². The zero-order chi connectivity index (χ0) is 21.8. The Morgan fingerprint density at radius 3 is 2.61 bits per heavy atom. The molecule has 7 nitrogen and oxygen atoms in total. The Bertz CT molecular complexity index is 1110. The first-order chi connectivity index (χ1) is 15.1. The van der Waals surface area contributed by atoms with Crippen LogP contribution in [0.25, 0.3) is 21.8 Å². The first-order valence-electron chi connectivity index (χ1n) is 11.6. The summed E-state index contributed by atoms with van der Waals surface area (Å²) in [5.74, 6) is -0.0279. The van der Waals surface area contributed by atoms with Crippen LogP contribution in [-0.2, 0) is 11.8 Å². The summed E-state index contributed by atoms with van der Waals surface area (Å²) in [7, 11) is 1.65. The predicted octanol–water partition coefficient (Wildman–Crippen LogP) is 3.22. The molecule has 3 heterocycles. The lowest BCUT2D eigenvalue weighted by Gasteiger charge is -2.21. The van der Waals surface area contributed by atoms with E-state index in [9.17, 15) is 9.59 Å². The molecule has 4 rings (SSSR count). The van der Waals surface area contributed by atoms with Crippen LogP contribution >= 0.6 is 0 Å². The number of carbonyl (C=O) groups excluding carboxylic acids is 1. The highest BCUT2D eigenvalue weighted by molar-refractivity contribution is 6.08. The number of para-hydroxylation sites is 1. The van der Waals surface area contributed by atoms with Crippen LogP contribution in [0.5, 0.6) is 0 Å². The molecule has 0 spiro atoms. The van der Waals surface area contributed by atoms with Crippen molar-refractivity contribution in [1.82, 2.24) is 24.6 Å². The number of rotatable bonds is 7. The lowest BCUT2D eigenvalue weighted by Crippen LogP contribution is -2.35. The maximum atomic E-state index is 13.2. The van der Waals surface area contributed by atoms with E-state index in [0.717, 1.165) is 29.3 Å². The quantitative estimate of drug-likeness (QED) is 0.592. The van der Waals surface area contributed by atoms with Crippen LogP contribution in [0.15, 0.2) is 35.3 Å². The monoisotopic (exact) mass is 423 g/mol. The molecule has 1 atom stereocenters. The summed E-state index contributed by atoms with van der Waals surface area (Å²) >= 11 is 0. The van der Waals surface area contributed by atoms with Crippen molar-refractivity contribution in [3.63, 3.8) is 0 Å². The third-order valence-electron chi connectivity index (χ3n) is 6.46. The lowest BCUT2D eigenvalue weighted by atomic mass is 10.2. The van der Waals surface area contributed by atoms with Gasteiger partial charge in [0.05, 0.1) is 11.7 Å². The van der Waals surface area contributed by atoms with Gasteiger partial charge in [-0.2, -0.15) is 5.10 Å². The third-order valence-corrected chi connectivity index (χ3v) is 6.46. The van der Waals surface area contributed by atoms with E-state index in [1.807, 2.05) is 35.8 Å². The number of hydrogen-bond acceptors (Lipinski definition) is 4. The van der Waals surface area contributed by atoms with E-state index in [1.54, 1.807) is 13.2 Å². The van der Waals surface area contributed by atoms with Crippen molar-refractivity contribution in [3.05, 3.63) is 40.8 Å². The molecule has 1 aromatic carbocycles. The number of nitrogens with zero attached hydrogens (tertiary/aromatic N) is 4. The summed E-state index contributed by atoms with van der Waals surface area (Å²) in [5, 5.41) is 9.08. The second kappa shape index (κ2) is 9.64. The number of amides is 1. The van der Waals surface area contributed by atoms with Crippen molar-refractivity contribution in [2.45, 2.75) is 51.5 Å². The van der Waals surface area contributed by atoms with Crippen LogP contribution in [0.3, 0.4) is 0 Å². The van der Waals surface area contributed by atoms with E-state index in [1.165, 1.54) is 43.5 Å². The Hall–Kier alpha value is -2.67. The fraction of sp³-hybridized carbons (Fsp3) is 0.542. The molecule has 0 saturated carbocycles. The van der Waals surface area contributed by atoms with Crippen molar-refractivity contribution < 1.29 is 4.79 Å². The van der Waals surface area contributed by atoms with Gasteiger partial charge >= 0.3 is 0 Å². The van der Waals surface area contributed by atoms with Crippen molar-refractivity contribution in [2.75, 3.05) is 26.2 Å². The molecule has 1 aliphatic heterocycles. The molecule has 2 aromatic heterocycles. The maximum Gasteiger partial charge on any atom is 0.291 e. The number of benzene rings is 1. The molecule has 0 radical (unpaired) electrons. The van der Waals surface area contributed by atoms with E-state index in [-0.39, 0.29) is 11.5 Å². The number of aromatic nitrogens is 3. The Morgan fingerprint density at radius 2 is 1.87 bits per heavy atom. The Kier molecular flexibility index (Phi) is 6.70. The summed E-state index contributed by atoms with van der Waals surface area (Å²) in [6.07, 6.45) is 8.50. The van der Waals surface area contributed by atoms with Gasteiger partial charge in [0.1, 0.15) is 11.6 Å². The molecule has 0 unspecified atom stereocenters. The summed E-state index contributed by atoms with van der Waals surface area (Å²) in [6.45, 7) is 6.02. The van der Waals surface area contributed by atoms with E-state index >= 15 is 0 Å². The average molecular weight is 424 g/mol. The second-order valence-electron chi connectivity index (χ2n) is 8.55. The predicted molar refractivity (Wildman–Crippen MR) is 124 cm³/mol. The third kappa shape index (κ3) is 4.37. The highest BCUT2D eigenvalue weighted by atomic mass is 16.2. The highest BCUT2D eigenvalue weighted by Gasteiger charge is 2.25. The van der Waals surface area contributed by atoms with Gasteiger partial charge in [-0.1, -0.05) is 38.0 Å². The van der Waals surface area contributed by atoms with Crippen LogP contribution in [0.4, 0.5) is 0 Å². The zero-order valence-electron chi connectivity index (χ0n) is 18.6. The molecular formula is C24H33N5O2. The van der Waals surface area contributed by atoms with Gasteiger partial charge in [0.2, 0.25) is 5.91 Å². The van der Waals surface area contributed by atoms with E-state index in [4.69, 9.17) is 0 Å². The number of fused-ring (bicyclic) bond motifs is 3. The Balaban J connectivity index is 1.54. The minimum Gasteiger partial charge on any atom is -0.354 e. The SMILES string of the molecule is CC[C@@H](C(=O)NCCCN1CCCCCC1)n1c2ccccc2c2cnn(C)c(=O)c21. The van der Waals surface area contributed by atoms with Crippen LogP contribution in [0, 0.1) is 0 Å². The van der Waals surface area contributed by atoms with Crippen LogP contribution < -0.4 is 10.9 Å². The average Bonchev–Trinajstić information content (AvgIpc) is 2.91. The molecule has 1 N–H and O–H groups in total. The van der Waals surface area contributed by atoms with Crippen molar-refractivity contribution in [1.29, 1.82) is 0 Å².